The molecule has 0 aliphatic rings. The zero-order valence-electron chi connectivity index (χ0n) is 10.8. The van der Waals surface area contributed by atoms with E-state index in [1.165, 1.54) is 7.11 Å². The highest BCUT2D eigenvalue weighted by atomic mass is 19.4. The highest BCUT2D eigenvalue weighted by Gasteiger charge is 2.33. The molecule has 1 aromatic heterocycles. The van der Waals surface area contributed by atoms with Gasteiger partial charge in [0, 0.05) is 13.7 Å². The third-order valence-electron chi connectivity index (χ3n) is 2.54. The number of ether oxygens (including phenoxy) is 1. The molecule has 0 aromatic carbocycles. The van der Waals surface area contributed by atoms with Crippen LogP contribution < -0.4 is 5.32 Å². The van der Waals surface area contributed by atoms with Crippen molar-refractivity contribution in [1.29, 1.82) is 5.26 Å². The molecule has 0 saturated carbocycles. The lowest BCUT2D eigenvalue weighted by Gasteiger charge is -2.23. The summed E-state index contributed by atoms with van der Waals surface area (Å²) in [6.45, 7) is 3.76. The highest BCUT2D eigenvalue weighted by molar-refractivity contribution is 5.52. The van der Waals surface area contributed by atoms with E-state index >= 15 is 0 Å². The van der Waals surface area contributed by atoms with Gasteiger partial charge in [-0.3, -0.25) is 0 Å². The van der Waals surface area contributed by atoms with Crippen LogP contribution in [0, 0.1) is 11.3 Å². The molecular formula is C12H14F3N3O. The predicted molar refractivity (Wildman–Crippen MR) is 63.5 cm³/mol. The van der Waals surface area contributed by atoms with Crippen LogP contribution in [0.15, 0.2) is 12.1 Å². The van der Waals surface area contributed by atoms with Crippen LogP contribution in [0.3, 0.4) is 0 Å². The Kier molecular flexibility index (Phi) is 4.37. The Bertz CT molecular complexity index is 492. The molecule has 0 bridgehead atoms. The van der Waals surface area contributed by atoms with Gasteiger partial charge < -0.3 is 10.1 Å². The minimum absolute atomic E-state index is 0.0555. The third-order valence-corrected chi connectivity index (χ3v) is 2.54. The Morgan fingerprint density at radius 2 is 2.00 bits per heavy atom. The number of nitrogens with zero attached hydrogens (tertiary/aromatic N) is 2. The molecule has 0 aliphatic carbocycles. The van der Waals surface area contributed by atoms with Crippen LogP contribution in [0.25, 0.3) is 0 Å². The maximum atomic E-state index is 12.5. The van der Waals surface area contributed by atoms with Crippen LogP contribution in [0.2, 0.25) is 0 Å². The lowest BCUT2D eigenvalue weighted by Crippen LogP contribution is -2.32. The number of methoxy groups -OCH3 is 1. The van der Waals surface area contributed by atoms with Crippen LogP contribution in [0.4, 0.5) is 19.0 Å². The molecule has 104 valence electrons. The predicted octanol–water partition coefficient (Wildman–Crippen LogP) is 2.81. The van der Waals surface area contributed by atoms with E-state index in [1.54, 1.807) is 19.9 Å². The molecule has 1 N–H and O–H groups in total. The van der Waals surface area contributed by atoms with Crippen molar-refractivity contribution >= 4 is 5.82 Å². The van der Waals surface area contributed by atoms with Crippen LogP contribution >= 0.6 is 0 Å². The fourth-order valence-electron chi connectivity index (χ4n) is 1.21. The number of hydrogen-bond acceptors (Lipinski definition) is 4. The van der Waals surface area contributed by atoms with Gasteiger partial charge in [-0.1, -0.05) is 0 Å². The van der Waals surface area contributed by atoms with Gasteiger partial charge in [0.05, 0.1) is 11.2 Å². The first-order chi connectivity index (χ1) is 8.69. The lowest BCUT2D eigenvalue weighted by atomic mass is 10.1. The van der Waals surface area contributed by atoms with Crippen LogP contribution in [-0.2, 0) is 10.9 Å². The quantitative estimate of drug-likeness (QED) is 0.916. The van der Waals surface area contributed by atoms with Crippen LogP contribution in [0.5, 0.6) is 0 Å². The third kappa shape index (κ3) is 4.10. The number of pyridine rings is 1. The molecule has 1 rings (SSSR count). The second-order valence-electron chi connectivity index (χ2n) is 4.52. The van der Waals surface area contributed by atoms with Crippen molar-refractivity contribution in [2.75, 3.05) is 19.0 Å². The molecule has 1 heterocycles. The summed E-state index contributed by atoms with van der Waals surface area (Å²) in [5.41, 5.74) is -1.56. The lowest BCUT2D eigenvalue weighted by molar-refractivity contribution is -0.141. The molecule has 0 unspecified atom stereocenters. The summed E-state index contributed by atoms with van der Waals surface area (Å²) in [5, 5.41) is 11.6. The average Bonchev–Trinajstić information content (AvgIpc) is 2.35. The number of anilines is 1. The summed E-state index contributed by atoms with van der Waals surface area (Å²) in [6, 6.07) is 3.67. The molecule has 0 saturated heterocycles. The van der Waals surface area contributed by atoms with Gasteiger partial charge >= 0.3 is 6.18 Å². The fourth-order valence-corrected chi connectivity index (χ4v) is 1.21. The zero-order chi connectivity index (χ0) is 14.7. The van der Waals surface area contributed by atoms with Crippen molar-refractivity contribution in [2.45, 2.75) is 25.6 Å². The zero-order valence-corrected chi connectivity index (χ0v) is 10.8. The van der Waals surface area contributed by atoms with Gasteiger partial charge in [-0.2, -0.15) is 18.4 Å². The summed E-state index contributed by atoms with van der Waals surface area (Å²) in [4.78, 5) is 3.44. The molecule has 1 aromatic rings. The van der Waals surface area contributed by atoms with Gasteiger partial charge in [0.15, 0.2) is 0 Å². The van der Waals surface area contributed by atoms with Crippen molar-refractivity contribution in [1.82, 2.24) is 4.98 Å². The Morgan fingerprint density at radius 1 is 1.37 bits per heavy atom. The highest BCUT2D eigenvalue weighted by Crippen LogP contribution is 2.29. The summed E-state index contributed by atoms with van der Waals surface area (Å²) in [6.07, 6.45) is -4.54. The van der Waals surface area contributed by atoms with E-state index < -0.39 is 17.5 Å². The Balaban J connectivity index is 3.01. The van der Waals surface area contributed by atoms with Crippen molar-refractivity contribution in [3.63, 3.8) is 0 Å². The van der Waals surface area contributed by atoms with E-state index in [9.17, 15) is 13.2 Å². The largest absolute Gasteiger partial charge is 0.433 e. The van der Waals surface area contributed by atoms with Crippen molar-refractivity contribution in [3.8, 4) is 6.07 Å². The monoisotopic (exact) mass is 273 g/mol. The van der Waals surface area contributed by atoms with Gasteiger partial charge in [-0.05, 0) is 26.0 Å². The topological polar surface area (TPSA) is 57.9 Å². The SMILES string of the molecule is COC(C)(C)CNc1nc(C(F)(F)F)ccc1C#N. The summed E-state index contributed by atoms with van der Waals surface area (Å²) in [7, 11) is 1.49. The standard InChI is InChI=1S/C12H14F3N3O/c1-11(2,19-3)7-17-10-8(6-16)4-5-9(18-10)12(13,14)15/h4-5H,7H2,1-3H3,(H,17,18). The number of alkyl halides is 3. The Hall–Kier alpha value is -1.81. The first-order valence-electron chi connectivity index (χ1n) is 5.47. The number of rotatable bonds is 4. The first kappa shape index (κ1) is 15.2. The van der Waals surface area contributed by atoms with E-state index in [0.29, 0.717) is 0 Å². The molecule has 0 radical (unpaired) electrons. The minimum Gasteiger partial charge on any atom is -0.377 e. The van der Waals surface area contributed by atoms with E-state index in [2.05, 4.69) is 10.3 Å². The van der Waals surface area contributed by atoms with Crippen molar-refractivity contribution < 1.29 is 17.9 Å². The van der Waals surface area contributed by atoms with Gasteiger partial charge in [0.1, 0.15) is 17.6 Å². The Labute approximate surface area is 109 Å². The summed E-state index contributed by atoms with van der Waals surface area (Å²) >= 11 is 0. The van der Waals surface area contributed by atoms with Gasteiger partial charge in [-0.15, -0.1) is 0 Å². The molecule has 7 heteroatoms. The molecule has 0 aliphatic heterocycles. The number of nitrogens with one attached hydrogen (secondary N) is 1. The fraction of sp³-hybridized carbons (Fsp3) is 0.500. The molecule has 0 spiro atoms. The van der Waals surface area contributed by atoms with Crippen molar-refractivity contribution in [2.24, 2.45) is 0 Å². The van der Waals surface area contributed by atoms with Gasteiger partial charge in [0.2, 0.25) is 0 Å². The number of hydrogen-bond donors (Lipinski definition) is 1. The number of aromatic nitrogens is 1. The summed E-state index contributed by atoms with van der Waals surface area (Å²) < 4.78 is 42.8. The molecule has 19 heavy (non-hydrogen) atoms. The van der Waals surface area contributed by atoms with E-state index in [0.717, 1.165) is 12.1 Å². The van der Waals surface area contributed by atoms with Gasteiger partial charge in [0.25, 0.3) is 0 Å². The molecule has 0 amide bonds. The second kappa shape index (κ2) is 5.45. The maximum Gasteiger partial charge on any atom is 0.433 e. The first-order valence-corrected chi connectivity index (χ1v) is 5.47. The van der Waals surface area contributed by atoms with E-state index in [4.69, 9.17) is 10.00 Å². The van der Waals surface area contributed by atoms with Gasteiger partial charge in [-0.25, -0.2) is 4.98 Å². The van der Waals surface area contributed by atoms with E-state index in [-0.39, 0.29) is 17.9 Å². The Morgan fingerprint density at radius 3 is 2.47 bits per heavy atom. The van der Waals surface area contributed by atoms with Crippen LogP contribution in [0.1, 0.15) is 25.1 Å². The maximum absolute atomic E-state index is 12.5. The normalized spacial score (nSPS) is 12.1. The molecule has 4 nitrogen and oxygen atoms in total. The number of halogens is 3. The summed E-state index contributed by atoms with van der Waals surface area (Å²) in [5.74, 6) is -0.0950. The molecule has 0 fully saturated rings. The van der Waals surface area contributed by atoms with Crippen LogP contribution in [-0.4, -0.2) is 24.2 Å². The minimum atomic E-state index is -4.54. The number of nitriles is 1. The second-order valence-corrected chi connectivity index (χ2v) is 4.52. The van der Waals surface area contributed by atoms with Crippen molar-refractivity contribution in [3.05, 3.63) is 23.4 Å². The molecular weight excluding hydrogens is 259 g/mol. The smallest absolute Gasteiger partial charge is 0.377 e. The average molecular weight is 273 g/mol. The van der Waals surface area contributed by atoms with E-state index in [1.807, 2.05) is 0 Å². The molecule has 0 atom stereocenters.